The minimum absolute atomic E-state index is 0.0418. The van der Waals surface area contributed by atoms with E-state index < -0.39 is 0 Å². The highest BCUT2D eigenvalue weighted by Crippen LogP contribution is 2.26. The summed E-state index contributed by atoms with van der Waals surface area (Å²) in [6.07, 6.45) is 8.82. The summed E-state index contributed by atoms with van der Waals surface area (Å²) in [5.74, 6) is 0.0944. The van der Waals surface area contributed by atoms with E-state index in [0.29, 0.717) is 49.5 Å². The number of rotatable bonds is 9. The Bertz CT molecular complexity index is 1530. The molecule has 0 unspecified atom stereocenters. The molecule has 4 heterocycles. The number of carbonyl (C=O) groups excluding carboxylic acids is 3. The fourth-order valence-corrected chi connectivity index (χ4v) is 6.80. The van der Waals surface area contributed by atoms with Crippen LogP contribution in [0.1, 0.15) is 87.4 Å². The van der Waals surface area contributed by atoms with E-state index in [1.165, 1.54) is 36.5 Å². The number of benzene rings is 2. The molecule has 3 saturated heterocycles. The van der Waals surface area contributed by atoms with Gasteiger partial charge in [0.1, 0.15) is 11.4 Å². The normalized spacial score (nSPS) is 18.1. The second-order valence-electron chi connectivity index (χ2n) is 12.6. The summed E-state index contributed by atoms with van der Waals surface area (Å²) in [7, 11) is 0. The van der Waals surface area contributed by atoms with Crippen molar-refractivity contribution in [1.29, 1.82) is 5.26 Å². The van der Waals surface area contributed by atoms with Crippen LogP contribution in [-0.2, 0) is 6.54 Å². The van der Waals surface area contributed by atoms with Gasteiger partial charge in [0, 0.05) is 56.3 Å². The highest BCUT2D eigenvalue weighted by molar-refractivity contribution is 5.99. The standard InChI is InChI=1S/C36H40N6O3/c37-22-27-3-5-28(6-4-27)25-40-17-11-26(12-18-40)21-34(43)32-23-39-33(24-38-32)36(45)42-19-13-30(14-20-42)35(44)29-7-9-31(10-8-29)41-15-1-2-16-41/h3-10,23-24,26,30H,1-2,11-21,25H2. The molecule has 9 heteroatoms. The summed E-state index contributed by atoms with van der Waals surface area (Å²) in [5.41, 5.74) is 4.29. The molecule has 0 N–H and O–H groups in total. The third-order valence-corrected chi connectivity index (χ3v) is 9.60. The zero-order chi connectivity index (χ0) is 31.2. The van der Waals surface area contributed by atoms with E-state index in [1.807, 2.05) is 48.5 Å². The Morgan fingerprint density at radius 1 is 0.778 bits per heavy atom. The lowest BCUT2D eigenvalue weighted by molar-refractivity contribution is 0.0645. The zero-order valence-corrected chi connectivity index (χ0v) is 25.7. The predicted molar refractivity (Wildman–Crippen MR) is 171 cm³/mol. The van der Waals surface area contributed by atoms with Crippen molar-refractivity contribution in [3.63, 3.8) is 0 Å². The molecule has 9 nitrogen and oxygen atoms in total. The van der Waals surface area contributed by atoms with Crippen LogP contribution in [0.3, 0.4) is 0 Å². The van der Waals surface area contributed by atoms with Crippen molar-refractivity contribution in [2.75, 3.05) is 44.2 Å². The van der Waals surface area contributed by atoms with Gasteiger partial charge in [-0.3, -0.25) is 19.3 Å². The Balaban J connectivity index is 0.940. The van der Waals surface area contributed by atoms with Crippen LogP contribution in [0.4, 0.5) is 5.69 Å². The lowest BCUT2D eigenvalue weighted by Crippen LogP contribution is -2.40. The Labute approximate surface area is 264 Å². The SMILES string of the molecule is N#Cc1ccc(CN2CCC(CC(=O)c3cnc(C(=O)N4CCC(C(=O)c5ccc(N6CCCC6)cc5)CC4)cn3)CC2)cc1. The molecule has 0 bridgehead atoms. The van der Waals surface area contributed by atoms with Crippen LogP contribution in [0.25, 0.3) is 0 Å². The van der Waals surface area contributed by atoms with Crippen LogP contribution in [-0.4, -0.2) is 76.5 Å². The first kappa shape index (κ1) is 30.6. The number of piperidine rings is 2. The maximum Gasteiger partial charge on any atom is 0.274 e. The van der Waals surface area contributed by atoms with Gasteiger partial charge in [-0.15, -0.1) is 0 Å². The van der Waals surface area contributed by atoms with E-state index in [1.54, 1.807) is 4.90 Å². The third kappa shape index (κ3) is 7.46. The molecule has 2 aromatic carbocycles. The van der Waals surface area contributed by atoms with Crippen molar-refractivity contribution in [3.8, 4) is 6.07 Å². The Hall–Kier alpha value is -4.42. The highest BCUT2D eigenvalue weighted by Gasteiger charge is 2.30. The molecule has 3 aliphatic rings. The van der Waals surface area contributed by atoms with Crippen LogP contribution in [0.5, 0.6) is 0 Å². The maximum absolute atomic E-state index is 13.2. The number of nitriles is 1. The average molecular weight is 605 g/mol. The fraction of sp³-hybridized carbons (Fsp3) is 0.444. The van der Waals surface area contributed by atoms with Gasteiger partial charge in [0.2, 0.25) is 0 Å². The lowest BCUT2D eigenvalue weighted by Gasteiger charge is -2.31. The average Bonchev–Trinajstić information content (AvgIpc) is 3.64. The summed E-state index contributed by atoms with van der Waals surface area (Å²) in [6, 6.07) is 17.8. The number of Topliss-reactive ketones (excluding diaryl/α,β-unsaturated/α-hetero) is 2. The molecule has 232 valence electrons. The molecule has 6 rings (SSSR count). The van der Waals surface area contributed by atoms with Crippen molar-refractivity contribution < 1.29 is 14.4 Å². The summed E-state index contributed by atoms with van der Waals surface area (Å²) in [5, 5.41) is 8.98. The zero-order valence-electron chi connectivity index (χ0n) is 25.7. The second-order valence-corrected chi connectivity index (χ2v) is 12.6. The molecule has 3 aliphatic heterocycles. The molecule has 0 saturated carbocycles. The predicted octanol–water partition coefficient (Wildman–Crippen LogP) is 5.17. The van der Waals surface area contributed by atoms with Crippen LogP contribution in [0.2, 0.25) is 0 Å². The van der Waals surface area contributed by atoms with E-state index >= 15 is 0 Å². The highest BCUT2D eigenvalue weighted by atomic mass is 16.2. The van der Waals surface area contributed by atoms with Gasteiger partial charge in [0.05, 0.1) is 24.0 Å². The second kappa shape index (κ2) is 14.1. The molecular formula is C36H40N6O3. The van der Waals surface area contributed by atoms with E-state index in [4.69, 9.17) is 5.26 Å². The number of aromatic nitrogens is 2. The number of likely N-dealkylation sites (tertiary alicyclic amines) is 2. The lowest BCUT2D eigenvalue weighted by atomic mass is 9.88. The minimum Gasteiger partial charge on any atom is -0.372 e. The molecule has 0 aliphatic carbocycles. The Kier molecular flexibility index (Phi) is 9.61. The van der Waals surface area contributed by atoms with Gasteiger partial charge in [-0.1, -0.05) is 12.1 Å². The van der Waals surface area contributed by atoms with E-state index in [2.05, 4.69) is 25.8 Å². The number of amides is 1. The molecule has 3 aromatic rings. The number of hydrogen-bond donors (Lipinski definition) is 0. The van der Waals surface area contributed by atoms with Gasteiger partial charge in [0.15, 0.2) is 11.6 Å². The number of ketones is 2. The number of anilines is 1. The maximum atomic E-state index is 13.2. The third-order valence-electron chi connectivity index (χ3n) is 9.60. The first-order chi connectivity index (χ1) is 22.0. The largest absolute Gasteiger partial charge is 0.372 e. The summed E-state index contributed by atoms with van der Waals surface area (Å²) < 4.78 is 0. The van der Waals surface area contributed by atoms with Gasteiger partial charge in [0.25, 0.3) is 5.91 Å². The van der Waals surface area contributed by atoms with Gasteiger partial charge in [-0.25, -0.2) is 9.97 Å². The van der Waals surface area contributed by atoms with Crippen LogP contribution < -0.4 is 4.90 Å². The van der Waals surface area contributed by atoms with Gasteiger partial charge >= 0.3 is 0 Å². The molecule has 0 atom stereocenters. The molecule has 0 radical (unpaired) electrons. The van der Waals surface area contributed by atoms with Gasteiger partial charge < -0.3 is 9.80 Å². The molecule has 45 heavy (non-hydrogen) atoms. The van der Waals surface area contributed by atoms with E-state index in [9.17, 15) is 14.4 Å². The van der Waals surface area contributed by atoms with Crippen molar-refractivity contribution >= 4 is 23.2 Å². The monoisotopic (exact) mass is 604 g/mol. The molecule has 1 aromatic heterocycles. The number of hydrogen-bond acceptors (Lipinski definition) is 8. The minimum atomic E-state index is -0.211. The smallest absolute Gasteiger partial charge is 0.274 e. The van der Waals surface area contributed by atoms with Gasteiger partial charge in [-0.05, 0) is 99.5 Å². The first-order valence-electron chi connectivity index (χ1n) is 16.2. The van der Waals surface area contributed by atoms with Crippen LogP contribution >= 0.6 is 0 Å². The van der Waals surface area contributed by atoms with Crippen molar-refractivity contribution in [2.24, 2.45) is 11.8 Å². The summed E-state index contributed by atoms with van der Waals surface area (Å²) in [4.78, 5) is 54.3. The van der Waals surface area contributed by atoms with Crippen LogP contribution in [0.15, 0.2) is 60.9 Å². The quantitative estimate of drug-likeness (QED) is 0.308. The number of nitrogens with zero attached hydrogens (tertiary/aromatic N) is 6. The Morgan fingerprint density at radius 2 is 1.42 bits per heavy atom. The first-order valence-corrected chi connectivity index (χ1v) is 16.2. The molecular weight excluding hydrogens is 564 g/mol. The molecule has 0 spiro atoms. The fourth-order valence-electron chi connectivity index (χ4n) is 6.80. The summed E-state index contributed by atoms with van der Waals surface area (Å²) in [6.45, 7) is 5.82. The molecule has 1 amide bonds. The van der Waals surface area contributed by atoms with Crippen molar-refractivity contribution in [2.45, 2.75) is 51.5 Å². The topological polar surface area (TPSA) is 110 Å². The number of carbonyl (C=O) groups is 3. The van der Waals surface area contributed by atoms with Crippen molar-refractivity contribution in [1.82, 2.24) is 19.8 Å². The van der Waals surface area contributed by atoms with Crippen molar-refractivity contribution in [3.05, 3.63) is 89.0 Å². The van der Waals surface area contributed by atoms with E-state index in [-0.39, 0.29) is 29.1 Å². The van der Waals surface area contributed by atoms with E-state index in [0.717, 1.165) is 51.1 Å². The van der Waals surface area contributed by atoms with Crippen LogP contribution in [0, 0.1) is 23.2 Å². The summed E-state index contributed by atoms with van der Waals surface area (Å²) >= 11 is 0. The van der Waals surface area contributed by atoms with Gasteiger partial charge in [-0.2, -0.15) is 5.26 Å². The molecule has 3 fully saturated rings. The Morgan fingerprint density at radius 3 is 2.04 bits per heavy atom.